The number of hydrogen-bond acceptors (Lipinski definition) is 3. The summed E-state index contributed by atoms with van der Waals surface area (Å²) in [6, 6.07) is 23.7. The third kappa shape index (κ3) is 4.88. The molecule has 0 amide bonds. The zero-order chi connectivity index (χ0) is 19.2. The molecule has 4 nitrogen and oxygen atoms in total. The Balaban J connectivity index is 1.61. The van der Waals surface area contributed by atoms with Gasteiger partial charge in [-0.2, -0.15) is 0 Å². The molecule has 0 spiro atoms. The number of nitrogens with one attached hydrogen (secondary N) is 1. The summed E-state index contributed by atoms with van der Waals surface area (Å²) in [4.78, 5) is 13.4. The molecule has 0 atom stereocenters. The fraction of sp³-hybridized carbons (Fsp3) is 0.174. The summed E-state index contributed by atoms with van der Waals surface area (Å²) in [6.45, 7) is 0. The van der Waals surface area contributed by atoms with Crippen LogP contribution in [0.3, 0.4) is 0 Å². The first-order valence-corrected chi connectivity index (χ1v) is 8.97. The molecular weight excluding hydrogens is 336 g/mol. The van der Waals surface area contributed by atoms with Gasteiger partial charge in [0.05, 0.1) is 11.3 Å². The summed E-state index contributed by atoms with van der Waals surface area (Å²) in [7, 11) is 4.08. The van der Waals surface area contributed by atoms with Crippen LogP contribution in [0.4, 0.5) is 17.1 Å². The van der Waals surface area contributed by atoms with Gasteiger partial charge in [0, 0.05) is 25.5 Å². The Hall–Kier alpha value is -3.27. The van der Waals surface area contributed by atoms with E-state index in [-0.39, 0.29) is 5.56 Å². The zero-order valence-electron chi connectivity index (χ0n) is 15.6. The molecule has 3 rings (SSSR count). The summed E-state index contributed by atoms with van der Waals surface area (Å²) >= 11 is 0. The number of aromatic carboxylic acids is 1. The van der Waals surface area contributed by atoms with Crippen molar-refractivity contribution in [3.63, 3.8) is 0 Å². The van der Waals surface area contributed by atoms with E-state index in [4.69, 9.17) is 0 Å². The van der Waals surface area contributed by atoms with Crippen LogP contribution in [0.25, 0.3) is 0 Å². The number of para-hydroxylation sites is 1. The van der Waals surface area contributed by atoms with E-state index in [1.54, 1.807) is 18.2 Å². The summed E-state index contributed by atoms with van der Waals surface area (Å²) in [6.07, 6.45) is 1.95. The van der Waals surface area contributed by atoms with E-state index in [0.717, 1.165) is 18.5 Å². The van der Waals surface area contributed by atoms with Crippen molar-refractivity contribution in [3.05, 3.63) is 89.5 Å². The van der Waals surface area contributed by atoms with Crippen molar-refractivity contribution in [1.29, 1.82) is 0 Å². The SMILES string of the molecule is CN(C)c1ccc(CCc2ccc(Nc3ccccc3C(=O)O)cc2)cc1. The van der Waals surface area contributed by atoms with Crippen molar-refractivity contribution >= 4 is 23.0 Å². The third-order valence-electron chi connectivity index (χ3n) is 4.55. The van der Waals surface area contributed by atoms with Gasteiger partial charge in [-0.15, -0.1) is 0 Å². The lowest BCUT2D eigenvalue weighted by Gasteiger charge is -2.13. The zero-order valence-corrected chi connectivity index (χ0v) is 15.6. The highest BCUT2D eigenvalue weighted by atomic mass is 16.4. The first-order valence-electron chi connectivity index (χ1n) is 8.97. The molecule has 0 aliphatic carbocycles. The van der Waals surface area contributed by atoms with E-state index in [1.165, 1.54) is 16.8 Å². The van der Waals surface area contributed by atoms with Crippen LogP contribution in [0.5, 0.6) is 0 Å². The number of anilines is 3. The average molecular weight is 360 g/mol. The molecule has 0 aromatic heterocycles. The van der Waals surface area contributed by atoms with E-state index in [0.29, 0.717) is 5.69 Å². The molecule has 0 saturated heterocycles. The van der Waals surface area contributed by atoms with Gasteiger partial charge in [-0.25, -0.2) is 4.79 Å². The molecule has 27 heavy (non-hydrogen) atoms. The normalized spacial score (nSPS) is 10.4. The minimum Gasteiger partial charge on any atom is -0.478 e. The standard InChI is InChI=1S/C23H24N2O2/c1-25(2)20-15-11-18(12-16-20)8-7-17-9-13-19(14-10-17)24-22-6-4-3-5-21(22)23(26)27/h3-6,9-16,24H,7-8H2,1-2H3,(H,26,27). The molecule has 4 heteroatoms. The smallest absolute Gasteiger partial charge is 0.337 e. The van der Waals surface area contributed by atoms with Gasteiger partial charge in [0.2, 0.25) is 0 Å². The lowest BCUT2D eigenvalue weighted by atomic mass is 10.0. The lowest BCUT2D eigenvalue weighted by molar-refractivity contribution is 0.0698. The second-order valence-electron chi connectivity index (χ2n) is 6.73. The summed E-state index contributed by atoms with van der Waals surface area (Å²) in [5, 5.41) is 12.5. The molecule has 0 aliphatic heterocycles. The number of aryl methyl sites for hydroxylation is 2. The van der Waals surface area contributed by atoms with Crippen LogP contribution in [-0.2, 0) is 12.8 Å². The molecule has 0 saturated carbocycles. The van der Waals surface area contributed by atoms with Gasteiger partial charge in [-0.3, -0.25) is 0 Å². The Morgan fingerprint density at radius 2 is 1.41 bits per heavy atom. The van der Waals surface area contributed by atoms with Crippen molar-refractivity contribution < 1.29 is 9.90 Å². The molecule has 0 heterocycles. The van der Waals surface area contributed by atoms with Crippen molar-refractivity contribution in [2.75, 3.05) is 24.3 Å². The van der Waals surface area contributed by atoms with Crippen LogP contribution in [0.1, 0.15) is 21.5 Å². The maximum Gasteiger partial charge on any atom is 0.337 e. The Kier molecular flexibility index (Phi) is 5.77. The van der Waals surface area contributed by atoms with Gasteiger partial charge in [-0.1, -0.05) is 36.4 Å². The highest BCUT2D eigenvalue weighted by Gasteiger charge is 2.08. The molecule has 0 radical (unpaired) electrons. The summed E-state index contributed by atoms with van der Waals surface area (Å²) in [5.41, 5.74) is 5.52. The Labute approximate surface area is 160 Å². The molecule has 3 aromatic rings. The summed E-state index contributed by atoms with van der Waals surface area (Å²) < 4.78 is 0. The molecular formula is C23H24N2O2. The number of benzene rings is 3. The van der Waals surface area contributed by atoms with Crippen LogP contribution in [0.15, 0.2) is 72.8 Å². The molecule has 0 aliphatic rings. The highest BCUT2D eigenvalue weighted by Crippen LogP contribution is 2.22. The van der Waals surface area contributed by atoms with Crippen LogP contribution in [0, 0.1) is 0 Å². The minimum atomic E-state index is -0.935. The predicted molar refractivity (Wildman–Crippen MR) is 111 cm³/mol. The second-order valence-corrected chi connectivity index (χ2v) is 6.73. The fourth-order valence-electron chi connectivity index (χ4n) is 2.94. The van der Waals surface area contributed by atoms with Crippen LogP contribution in [-0.4, -0.2) is 25.2 Å². The maximum absolute atomic E-state index is 11.3. The van der Waals surface area contributed by atoms with Gasteiger partial charge in [-0.05, 0) is 60.4 Å². The molecule has 2 N–H and O–H groups in total. The van der Waals surface area contributed by atoms with Crippen LogP contribution in [0.2, 0.25) is 0 Å². The van der Waals surface area contributed by atoms with Gasteiger partial charge in [0.15, 0.2) is 0 Å². The first kappa shape index (κ1) is 18.5. The average Bonchev–Trinajstić information content (AvgIpc) is 2.68. The van der Waals surface area contributed by atoms with Crippen LogP contribution < -0.4 is 10.2 Å². The van der Waals surface area contributed by atoms with Crippen molar-refractivity contribution in [2.24, 2.45) is 0 Å². The Morgan fingerprint density at radius 3 is 1.96 bits per heavy atom. The molecule has 0 bridgehead atoms. The van der Waals surface area contributed by atoms with Gasteiger partial charge in [0.25, 0.3) is 0 Å². The van der Waals surface area contributed by atoms with Crippen molar-refractivity contribution in [3.8, 4) is 0 Å². The highest BCUT2D eigenvalue weighted by molar-refractivity contribution is 5.95. The molecule has 0 unspecified atom stereocenters. The quantitative estimate of drug-likeness (QED) is 0.624. The topological polar surface area (TPSA) is 52.6 Å². The largest absolute Gasteiger partial charge is 0.478 e. The van der Waals surface area contributed by atoms with E-state index in [1.807, 2.05) is 32.3 Å². The Morgan fingerprint density at radius 1 is 0.852 bits per heavy atom. The maximum atomic E-state index is 11.3. The van der Waals surface area contributed by atoms with Gasteiger partial charge >= 0.3 is 5.97 Å². The van der Waals surface area contributed by atoms with Crippen molar-refractivity contribution in [1.82, 2.24) is 0 Å². The van der Waals surface area contributed by atoms with E-state index in [2.05, 4.69) is 46.6 Å². The lowest BCUT2D eigenvalue weighted by Crippen LogP contribution is -2.08. The molecule has 0 fully saturated rings. The van der Waals surface area contributed by atoms with E-state index >= 15 is 0 Å². The van der Waals surface area contributed by atoms with Crippen LogP contribution >= 0.6 is 0 Å². The van der Waals surface area contributed by atoms with E-state index in [9.17, 15) is 9.90 Å². The number of carboxylic acids is 1. The predicted octanol–water partition coefficient (Wildman–Crippen LogP) is 4.98. The van der Waals surface area contributed by atoms with E-state index < -0.39 is 5.97 Å². The minimum absolute atomic E-state index is 0.266. The number of carboxylic acid groups (broad SMARTS) is 1. The third-order valence-corrected chi connectivity index (χ3v) is 4.55. The first-order chi connectivity index (χ1) is 13.0. The number of carbonyl (C=O) groups is 1. The molecule has 138 valence electrons. The van der Waals surface area contributed by atoms with Gasteiger partial charge < -0.3 is 15.3 Å². The number of rotatable bonds is 7. The molecule has 3 aromatic carbocycles. The second kappa shape index (κ2) is 8.41. The van der Waals surface area contributed by atoms with Crippen molar-refractivity contribution in [2.45, 2.75) is 12.8 Å². The Bertz CT molecular complexity index is 900. The summed E-state index contributed by atoms with van der Waals surface area (Å²) in [5.74, 6) is -0.935. The number of hydrogen-bond donors (Lipinski definition) is 2. The monoisotopic (exact) mass is 360 g/mol. The van der Waals surface area contributed by atoms with Gasteiger partial charge in [0.1, 0.15) is 0 Å². The number of nitrogens with zero attached hydrogens (tertiary/aromatic N) is 1. The fourth-order valence-corrected chi connectivity index (χ4v) is 2.94.